The van der Waals surface area contributed by atoms with Gasteiger partial charge in [0.25, 0.3) is 0 Å². The van der Waals surface area contributed by atoms with Crippen molar-refractivity contribution in [2.24, 2.45) is 0 Å². The van der Waals surface area contributed by atoms with Gasteiger partial charge < -0.3 is 10.3 Å². The van der Waals surface area contributed by atoms with Crippen molar-refractivity contribution in [1.29, 1.82) is 0 Å². The van der Waals surface area contributed by atoms with Gasteiger partial charge in [-0.1, -0.05) is 6.07 Å². The number of hydrogen-bond acceptors (Lipinski definition) is 3. The van der Waals surface area contributed by atoms with Gasteiger partial charge in [0.1, 0.15) is 0 Å². The molecule has 5 heteroatoms. The number of rotatable bonds is 4. The molecule has 0 spiro atoms. The fraction of sp³-hybridized carbons (Fsp3) is 0.615. The summed E-state index contributed by atoms with van der Waals surface area (Å²) in [7, 11) is -0.796. The zero-order valence-electron chi connectivity index (χ0n) is 10.9. The van der Waals surface area contributed by atoms with Crippen LogP contribution in [0.25, 0.3) is 0 Å². The van der Waals surface area contributed by atoms with Crippen LogP contribution in [0.4, 0.5) is 0 Å². The average Bonchev–Trinajstić information content (AvgIpc) is 2.35. The molecular weight excluding hydrogens is 248 g/mol. The number of hydrogen-bond donors (Lipinski definition) is 2. The van der Waals surface area contributed by atoms with Crippen molar-refractivity contribution in [1.82, 2.24) is 10.3 Å². The summed E-state index contributed by atoms with van der Waals surface area (Å²) in [6, 6.07) is 3.77. The maximum absolute atomic E-state index is 11.3. The molecule has 0 aliphatic heterocycles. The Bertz CT molecular complexity index is 498. The van der Waals surface area contributed by atoms with E-state index < -0.39 is 10.8 Å². The first-order valence-electron chi connectivity index (χ1n) is 6.35. The monoisotopic (exact) mass is 268 g/mol. The highest BCUT2D eigenvalue weighted by Crippen LogP contribution is 2.27. The molecule has 2 N–H and O–H groups in total. The van der Waals surface area contributed by atoms with E-state index in [0.29, 0.717) is 0 Å². The van der Waals surface area contributed by atoms with E-state index in [9.17, 15) is 9.00 Å². The van der Waals surface area contributed by atoms with Gasteiger partial charge in [0.15, 0.2) is 0 Å². The lowest BCUT2D eigenvalue weighted by Crippen LogP contribution is -2.33. The lowest BCUT2D eigenvalue weighted by Gasteiger charge is -2.26. The molecule has 1 aliphatic carbocycles. The van der Waals surface area contributed by atoms with Crippen LogP contribution in [0.15, 0.2) is 16.9 Å². The van der Waals surface area contributed by atoms with Crippen LogP contribution in [0.3, 0.4) is 0 Å². The van der Waals surface area contributed by atoms with E-state index in [1.165, 1.54) is 5.56 Å². The van der Waals surface area contributed by atoms with Crippen molar-refractivity contribution in [3.63, 3.8) is 0 Å². The van der Waals surface area contributed by atoms with Crippen LogP contribution in [0.2, 0.25) is 0 Å². The Balaban J connectivity index is 2.08. The van der Waals surface area contributed by atoms with Gasteiger partial charge in [-0.05, 0) is 31.7 Å². The average molecular weight is 268 g/mol. The number of H-pyrrole nitrogens is 1. The van der Waals surface area contributed by atoms with Crippen molar-refractivity contribution in [3.05, 3.63) is 33.7 Å². The summed E-state index contributed by atoms with van der Waals surface area (Å²) in [6.07, 6.45) is 4.83. The minimum absolute atomic E-state index is 0.0302. The summed E-state index contributed by atoms with van der Waals surface area (Å²) in [6.45, 7) is 2.73. The largest absolute Gasteiger partial charge is 0.326 e. The van der Waals surface area contributed by atoms with Crippen LogP contribution in [0.1, 0.15) is 37.1 Å². The van der Waals surface area contributed by atoms with Gasteiger partial charge in [0.2, 0.25) is 5.56 Å². The van der Waals surface area contributed by atoms with E-state index >= 15 is 0 Å². The third kappa shape index (κ3) is 3.09. The molecule has 0 fully saturated rings. The number of fused-ring (bicyclic) bond motifs is 1. The Labute approximate surface area is 110 Å². The van der Waals surface area contributed by atoms with Crippen LogP contribution < -0.4 is 10.9 Å². The van der Waals surface area contributed by atoms with Gasteiger partial charge in [0.05, 0.1) is 0 Å². The molecule has 0 amide bonds. The van der Waals surface area contributed by atoms with E-state index in [-0.39, 0.29) is 16.9 Å². The Kier molecular flexibility index (Phi) is 4.35. The summed E-state index contributed by atoms with van der Waals surface area (Å²) < 4.78 is 11.3. The molecule has 3 atom stereocenters. The van der Waals surface area contributed by atoms with Crippen LogP contribution in [-0.2, 0) is 17.2 Å². The molecular formula is C13H20N2O2S. The van der Waals surface area contributed by atoms with Crippen LogP contribution in [-0.4, -0.2) is 27.2 Å². The first kappa shape index (κ1) is 13.5. The summed E-state index contributed by atoms with van der Waals surface area (Å²) in [5, 5.41) is 3.61. The molecule has 0 bridgehead atoms. The predicted octanol–water partition coefficient (Wildman–Crippen LogP) is 1.11. The van der Waals surface area contributed by atoms with Gasteiger partial charge in [-0.25, -0.2) is 0 Å². The molecule has 1 aromatic rings. The van der Waals surface area contributed by atoms with Gasteiger partial charge in [0, 0.05) is 46.7 Å². The van der Waals surface area contributed by atoms with Crippen LogP contribution >= 0.6 is 0 Å². The van der Waals surface area contributed by atoms with Crippen LogP contribution in [0, 0.1) is 0 Å². The first-order valence-corrected chi connectivity index (χ1v) is 7.97. The second-order valence-electron chi connectivity index (χ2n) is 4.92. The quantitative estimate of drug-likeness (QED) is 0.860. The lowest BCUT2D eigenvalue weighted by molar-refractivity contribution is 0.455. The van der Waals surface area contributed by atoms with Crippen molar-refractivity contribution in [2.45, 2.75) is 37.5 Å². The third-order valence-corrected chi connectivity index (χ3v) is 4.85. The molecule has 4 nitrogen and oxygen atoms in total. The lowest BCUT2D eigenvalue weighted by atomic mass is 9.91. The van der Waals surface area contributed by atoms with Crippen molar-refractivity contribution < 1.29 is 4.21 Å². The number of nitrogens with one attached hydrogen (secondary N) is 2. The van der Waals surface area contributed by atoms with Gasteiger partial charge in [-0.3, -0.25) is 9.00 Å². The molecule has 1 heterocycles. The zero-order valence-corrected chi connectivity index (χ0v) is 11.7. The van der Waals surface area contributed by atoms with E-state index in [2.05, 4.69) is 10.3 Å². The Morgan fingerprint density at radius 3 is 3.06 bits per heavy atom. The van der Waals surface area contributed by atoms with Gasteiger partial charge in [-0.15, -0.1) is 0 Å². The summed E-state index contributed by atoms with van der Waals surface area (Å²) >= 11 is 0. The molecule has 100 valence electrons. The summed E-state index contributed by atoms with van der Waals surface area (Å²) in [5.74, 6) is 0. The minimum atomic E-state index is -0.796. The van der Waals surface area contributed by atoms with Crippen molar-refractivity contribution in [3.8, 4) is 0 Å². The highest BCUT2D eigenvalue weighted by molar-refractivity contribution is 7.84. The Morgan fingerprint density at radius 2 is 2.33 bits per heavy atom. The Morgan fingerprint density at radius 1 is 1.56 bits per heavy atom. The highest BCUT2D eigenvalue weighted by Gasteiger charge is 2.21. The van der Waals surface area contributed by atoms with E-state index in [1.54, 1.807) is 12.3 Å². The van der Waals surface area contributed by atoms with Gasteiger partial charge in [-0.2, -0.15) is 0 Å². The maximum Gasteiger partial charge on any atom is 0.248 e. The SMILES string of the molecule is CC(CNC1CCCc2[nH]c(=O)ccc21)S(C)=O. The first-order chi connectivity index (χ1) is 8.58. The number of pyridine rings is 1. The molecule has 0 saturated heterocycles. The molecule has 3 unspecified atom stereocenters. The fourth-order valence-electron chi connectivity index (χ4n) is 2.34. The van der Waals surface area contributed by atoms with Crippen molar-refractivity contribution in [2.75, 3.05) is 12.8 Å². The van der Waals surface area contributed by atoms with Crippen LogP contribution in [0.5, 0.6) is 0 Å². The molecule has 1 aliphatic rings. The highest BCUT2D eigenvalue weighted by atomic mass is 32.2. The third-order valence-electron chi connectivity index (χ3n) is 3.55. The topological polar surface area (TPSA) is 62.0 Å². The second-order valence-corrected chi connectivity index (χ2v) is 6.72. The molecule has 0 radical (unpaired) electrons. The fourth-order valence-corrected chi connectivity index (χ4v) is 2.67. The molecule has 18 heavy (non-hydrogen) atoms. The summed E-state index contributed by atoms with van der Waals surface area (Å²) in [4.78, 5) is 14.2. The standard InChI is InChI=1S/C13H20N2O2S/c1-9(18(2)17)8-14-11-4-3-5-12-10(11)6-7-13(16)15-12/h6-7,9,11,14H,3-5,8H2,1-2H3,(H,15,16). The minimum Gasteiger partial charge on any atom is -0.326 e. The molecule has 1 aromatic heterocycles. The van der Waals surface area contributed by atoms with E-state index in [1.807, 2.05) is 13.0 Å². The van der Waals surface area contributed by atoms with Crippen molar-refractivity contribution >= 4 is 10.8 Å². The Hall–Kier alpha value is -0.940. The number of aromatic nitrogens is 1. The molecule has 0 saturated carbocycles. The number of aromatic amines is 1. The van der Waals surface area contributed by atoms with E-state index in [0.717, 1.165) is 31.5 Å². The molecule has 2 rings (SSSR count). The normalized spacial score (nSPS) is 22.2. The second kappa shape index (κ2) is 5.80. The predicted molar refractivity (Wildman–Crippen MR) is 74.3 cm³/mol. The van der Waals surface area contributed by atoms with Gasteiger partial charge >= 0.3 is 0 Å². The molecule has 0 aromatic carbocycles. The summed E-state index contributed by atoms with van der Waals surface area (Å²) in [5.41, 5.74) is 2.21. The maximum atomic E-state index is 11.3. The van der Waals surface area contributed by atoms with E-state index in [4.69, 9.17) is 0 Å². The number of aryl methyl sites for hydroxylation is 1. The smallest absolute Gasteiger partial charge is 0.248 e. The zero-order chi connectivity index (χ0) is 13.1.